The Balaban J connectivity index is 2.57. The number of hydrogen-bond donors (Lipinski definition) is 0. The summed E-state index contributed by atoms with van der Waals surface area (Å²) in [6.07, 6.45) is 2.76. The molecular weight excluding hydrogens is 122 g/mol. The summed E-state index contributed by atoms with van der Waals surface area (Å²) in [7, 11) is 4.67. The van der Waals surface area contributed by atoms with Crippen molar-refractivity contribution in [2.24, 2.45) is 5.41 Å². The smallest absolute Gasteiger partial charge is 0.0839 e. The molecule has 0 spiro atoms. The van der Waals surface area contributed by atoms with Crippen molar-refractivity contribution in [3.8, 4) is 0 Å². The zero-order valence-electron chi connectivity index (χ0n) is 7.78. The fourth-order valence-corrected chi connectivity index (χ4v) is 2.05. The van der Waals surface area contributed by atoms with Crippen LogP contribution in [0.25, 0.3) is 0 Å². The van der Waals surface area contributed by atoms with Crippen LogP contribution in [0.5, 0.6) is 0 Å². The van der Waals surface area contributed by atoms with Gasteiger partial charge in [-0.05, 0) is 6.42 Å². The molecule has 1 rings (SSSR count). The normalized spacial score (nSPS) is 38.4. The highest BCUT2D eigenvalue weighted by molar-refractivity contribution is 4.76. The lowest BCUT2D eigenvalue weighted by molar-refractivity contribution is -0.880. The second kappa shape index (κ2) is 2.23. The van der Waals surface area contributed by atoms with Gasteiger partial charge in [0.15, 0.2) is 0 Å². The van der Waals surface area contributed by atoms with E-state index in [1.54, 1.807) is 0 Å². The fourth-order valence-electron chi connectivity index (χ4n) is 2.05. The van der Waals surface area contributed by atoms with Crippen LogP contribution in [0.1, 0.15) is 26.7 Å². The van der Waals surface area contributed by atoms with Crippen molar-refractivity contribution in [3.05, 3.63) is 0 Å². The van der Waals surface area contributed by atoms with Crippen molar-refractivity contribution in [2.45, 2.75) is 26.7 Å². The van der Waals surface area contributed by atoms with E-state index < -0.39 is 0 Å². The molecule has 1 heteroatoms. The van der Waals surface area contributed by atoms with Crippen LogP contribution in [0, 0.1) is 5.41 Å². The van der Waals surface area contributed by atoms with Crippen LogP contribution >= 0.6 is 0 Å². The number of nitrogens with zero attached hydrogens (tertiary/aromatic N) is 1. The summed E-state index contributed by atoms with van der Waals surface area (Å²) in [4.78, 5) is 0. The fraction of sp³-hybridized carbons (Fsp3) is 1.00. The van der Waals surface area contributed by atoms with Crippen molar-refractivity contribution in [1.82, 2.24) is 0 Å². The molecule has 1 atom stereocenters. The van der Waals surface area contributed by atoms with Crippen LogP contribution in [-0.4, -0.2) is 31.7 Å². The number of likely N-dealkylation sites (tertiary alicyclic amines) is 1. The van der Waals surface area contributed by atoms with Crippen LogP contribution in [0.4, 0.5) is 0 Å². The van der Waals surface area contributed by atoms with Crippen LogP contribution in [0.15, 0.2) is 0 Å². The highest BCUT2D eigenvalue weighted by Gasteiger charge is 2.38. The Morgan fingerprint density at radius 3 is 2.20 bits per heavy atom. The van der Waals surface area contributed by atoms with Gasteiger partial charge in [-0.15, -0.1) is 0 Å². The SMILES string of the molecule is CCC1(C)CC[N+](C)(C)C1. The van der Waals surface area contributed by atoms with E-state index >= 15 is 0 Å². The van der Waals surface area contributed by atoms with Crippen molar-refractivity contribution in [2.75, 3.05) is 27.2 Å². The summed E-state index contributed by atoms with van der Waals surface area (Å²) in [5.74, 6) is 0. The minimum Gasteiger partial charge on any atom is -0.328 e. The molecule has 1 aliphatic rings. The van der Waals surface area contributed by atoms with Crippen molar-refractivity contribution >= 4 is 0 Å². The Labute approximate surface area is 64.6 Å². The summed E-state index contributed by atoms with van der Waals surface area (Å²) in [5.41, 5.74) is 0.642. The third-order valence-electron chi connectivity index (χ3n) is 2.98. The molecule has 10 heavy (non-hydrogen) atoms. The van der Waals surface area contributed by atoms with E-state index in [-0.39, 0.29) is 0 Å². The predicted octanol–water partition coefficient (Wildman–Crippen LogP) is 1.88. The van der Waals surface area contributed by atoms with E-state index in [1.807, 2.05) is 0 Å². The quantitative estimate of drug-likeness (QED) is 0.490. The number of quaternary nitrogens is 1. The maximum atomic E-state index is 2.42. The molecule has 0 radical (unpaired) electrons. The van der Waals surface area contributed by atoms with Gasteiger partial charge in [0.25, 0.3) is 0 Å². The van der Waals surface area contributed by atoms with Gasteiger partial charge >= 0.3 is 0 Å². The largest absolute Gasteiger partial charge is 0.328 e. The van der Waals surface area contributed by atoms with E-state index in [1.165, 1.54) is 30.4 Å². The molecular formula is C9H20N+. The van der Waals surface area contributed by atoms with Gasteiger partial charge in [0.1, 0.15) is 0 Å². The molecule has 0 aromatic rings. The topological polar surface area (TPSA) is 0 Å². The Morgan fingerprint density at radius 2 is 2.00 bits per heavy atom. The van der Waals surface area contributed by atoms with Gasteiger partial charge in [-0.3, -0.25) is 0 Å². The Hall–Kier alpha value is -0.0400. The number of rotatable bonds is 1. The second-order valence-electron chi connectivity index (χ2n) is 4.73. The molecule has 1 aliphatic heterocycles. The van der Waals surface area contributed by atoms with Crippen LogP contribution in [-0.2, 0) is 0 Å². The molecule has 1 fully saturated rings. The maximum absolute atomic E-state index is 2.42. The zero-order chi connectivity index (χ0) is 7.83. The Kier molecular flexibility index (Phi) is 1.80. The Morgan fingerprint density at radius 1 is 1.40 bits per heavy atom. The first-order valence-corrected chi connectivity index (χ1v) is 4.29. The summed E-state index contributed by atoms with van der Waals surface area (Å²) >= 11 is 0. The molecule has 1 heterocycles. The van der Waals surface area contributed by atoms with Crippen LogP contribution in [0.2, 0.25) is 0 Å². The lowest BCUT2D eigenvalue weighted by Gasteiger charge is -2.26. The summed E-state index contributed by atoms with van der Waals surface area (Å²) in [6, 6.07) is 0. The van der Waals surface area contributed by atoms with E-state index in [4.69, 9.17) is 0 Å². The van der Waals surface area contributed by atoms with Crippen molar-refractivity contribution in [3.63, 3.8) is 0 Å². The highest BCUT2D eigenvalue weighted by Crippen LogP contribution is 2.35. The molecule has 0 saturated carbocycles. The molecule has 0 aromatic carbocycles. The highest BCUT2D eigenvalue weighted by atomic mass is 15.3. The minimum absolute atomic E-state index is 0.642. The van der Waals surface area contributed by atoms with Gasteiger partial charge in [-0.25, -0.2) is 0 Å². The average molecular weight is 142 g/mol. The molecule has 1 nitrogen and oxygen atoms in total. The zero-order valence-corrected chi connectivity index (χ0v) is 7.78. The first kappa shape index (κ1) is 8.06. The van der Waals surface area contributed by atoms with E-state index in [0.29, 0.717) is 5.41 Å². The molecule has 60 valence electrons. The standard InChI is InChI=1S/C9H20N/c1-5-9(2)6-7-10(3,4)8-9/h5-8H2,1-4H3/q+1. The first-order valence-electron chi connectivity index (χ1n) is 4.29. The van der Waals surface area contributed by atoms with Gasteiger partial charge < -0.3 is 4.48 Å². The van der Waals surface area contributed by atoms with E-state index in [9.17, 15) is 0 Å². The average Bonchev–Trinajstić information content (AvgIpc) is 2.08. The summed E-state index contributed by atoms with van der Waals surface area (Å²) in [5, 5.41) is 0. The van der Waals surface area contributed by atoms with Gasteiger partial charge in [-0.1, -0.05) is 13.8 Å². The van der Waals surface area contributed by atoms with Gasteiger partial charge in [0.05, 0.1) is 27.2 Å². The molecule has 1 unspecified atom stereocenters. The molecule has 0 N–H and O–H groups in total. The summed E-state index contributed by atoms with van der Waals surface area (Å²) in [6.45, 7) is 7.46. The van der Waals surface area contributed by atoms with Crippen molar-refractivity contribution < 1.29 is 4.48 Å². The van der Waals surface area contributed by atoms with Gasteiger partial charge in [-0.2, -0.15) is 0 Å². The van der Waals surface area contributed by atoms with E-state index in [2.05, 4.69) is 27.9 Å². The molecule has 0 aromatic heterocycles. The van der Waals surface area contributed by atoms with Gasteiger partial charge in [0, 0.05) is 11.8 Å². The lowest BCUT2D eigenvalue weighted by atomic mass is 9.87. The predicted molar refractivity (Wildman–Crippen MR) is 44.9 cm³/mol. The third-order valence-corrected chi connectivity index (χ3v) is 2.98. The molecule has 0 aliphatic carbocycles. The van der Waals surface area contributed by atoms with Crippen LogP contribution in [0.3, 0.4) is 0 Å². The second-order valence-corrected chi connectivity index (χ2v) is 4.73. The first-order chi connectivity index (χ1) is 4.47. The minimum atomic E-state index is 0.642. The van der Waals surface area contributed by atoms with E-state index in [0.717, 1.165) is 0 Å². The van der Waals surface area contributed by atoms with Gasteiger partial charge in [0.2, 0.25) is 0 Å². The maximum Gasteiger partial charge on any atom is 0.0839 e. The molecule has 1 saturated heterocycles. The van der Waals surface area contributed by atoms with Crippen LogP contribution < -0.4 is 0 Å². The molecule has 0 bridgehead atoms. The van der Waals surface area contributed by atoms with Crippen molar-refractivity contribution in [1.29, 1.82) is 0 Å². The Bertz CT molecular complexity index is 129. The molecule has 0 amide bonds. The monoisotopic (exact) mass is 142 g/mol. The summed E-state index contributed by atoms with van der Waals surface area (Å²) < 4.78 is 1.23. The lowest BCUT2D eigenvalue weighted by Crippen LogP contribution is -2.38. The third kappa shape index (κ3) is 1.51. The number of hydrogen-bond acceptors (Lipinski definition) is 0.